The van der Waals surface area contributed by atoms with E-state index in [0.717, 1.165) is 24.3 Å². The number of imide groups is 1. The van der Waals surface area contributed by atoms with Crippen LogP contribution in [0.5, 0.6) is 11.5 Å². The van der Waals surface area contributed by atoms with E-state index >= 15 is 0 Å². The molecule has 0 spiro atoms. The summed E-state index contributed by atoms with van der Waals surface area (Å²) in [6.07, 6.45) is 0. The number of carbonyl (C=O) groups is 2. The Labute approximate surface area is 224 Å². The maximum Gasteiger partial charge on any atom is 0.263 e. The second-order valence-corrected chi connectivity index (χ2v) is 10.2. The lowest BCUT2D eigenvalue weighted by molar-refractivity contribution is 0.0641. The number of fused-ring (bicyclic) bond motifs is 1. The van der Waals surface area contributed by atoms with Gasteiger partial charge >= 0.3 is 0 Å². The molecule has 0 bridgehead atoms. The molecule has 1 fully saturated rings. The van der Waals surface area contributed by atoms with Crippen molar-refractivity contribution < 1.29 is 19.1 Å². The summed E-state index contributed by atoms with van der Waals surface area (Å²) < 4.78 is 10.7. The third-order valence-corrected chi connectivity index (χ3v) is 7.82. The highest BCUT2D eigenvalue weighted by molar-refractivity contribution is 6.23. The predicted octanol–water partition coefficient (Wildman–Crippen LogP) is 5.16. The molecule has 0 radical (unpaired) electrons. The number of benzene rings is 3. The molecule has 7 nitrogen and oxygen atoms in total. The average Bonchev–Trinajstić information content (AvgIpc) is 3.17. The van der Waals surface area contributed by atoms with Crippen LogP contribution in [0, 0.1) is 0 Å². The van der Waals surface area contributed by atoms with E-state index in [0.29, 0.717) is 22.6 Å². The monoisotopic (exact) mass is 513 g/mol. The third kappa shape index (κ3) is 4.52. The van der Waals surface area contributed by atoms with Gasteiger partial charge in [-0.3, -0.25) is 19.4 Å². The number of carbonyl (C=O) groups excluding carboxylic acids is 2. The molecule has 7 heteroatoms. The molecule has 3 aromatic carbocycles. The fourth-order valence-electron chi connectivity index (χ4n) is 6.08. The van der Waals surface area contributed by atoms with Gasteiger partial charge in [0.25, 0.3) is 11.8 Å². The minimum absolute atomic E-state index is 0.168. The van der Waals surface area contributed by atoms with Gasteiger partial charge in [-0.15, -0.1) is 0 Å². The van der Waals surface area contributed by atoms with Crippen LogP contribution in [0.25, 0.3) is 0 Å². The molecule has 3 atom stereocenters. The van der Waals surface area contributed by atoms with Crippen molar-refractivity contribution in [1.29, 1.82) is 0 Å². The molecule has 3 aromatic rings. The van der Waals surface area contributed by atoms with Gasteiger partial charge in [-0.25, -0.2) is 0 Å². The van der Waals surface area contributed by atoms with Crippen molar-refractivity contribution in [2.45, 2.75) is 45.4 Å². The summed E-state index contributed by atoms with van der Waals surface area (Å²) in [6.45, 7) is 8.45. The van der Waals surface area contributed by atoms with E-state index in [9.17, 15) is 9.59 Å². The zero-order valence-corrected chi connectivity index (χ0v) is 22.7. The normalized spacial score (nSPS) is 20.4. The molecule has 2 aliphatic rings. The van der Waals surface area contributed by atoms with E-state index in [1.54, 1.807) is 32.4 Å². The summed E-state index contributed by atoms with van der Waals surface area (Å²) in [5.41, 5.74) is 3.90. The molecule has 2 aliphatic heterocycles. The number of nitrogens with zero attached hydrogens (tertiary/aromatic N) is 3. The SMILES string of the molecule is COc1ccc(CN2C(=O)c3cccc(N4CC(C)N(C(C)c5ccccc5)C(C)C4)c3C2=O)cc1OC. The molecule has 3 unspecified atom stereocenters. The largest absolute Gasteiger partial charge is 0.493 e. The standard InChI is InChI=1S/C31H35N3O4/c1-20-17-32(18-21(2)34(20)22(3)24-10-7-6-8-11-24)26-13-9-12-25-29(26)31(36)33(30(25)35)19-23-14-15-27(37-4)28(16-23)38-5/h6-16,20-22H,17-19H2,1-5H3. The molecule has 5 rings (SSSR count). The van der Waals surface area contributed by atoms with Crippen molar-refractivity contribution in [2.24, 2.45) is 0 Å². The Hall–Kier alpha value is -3.84. The zero-order chi connectivity index (χ0) is 27.0. The molecule has 38 heavy (non-hydrogen) atoms. The fourth-order valence-corrected chi connectivity index (χ4v) is 6.08. The van der Waals surface area contributed by atoms with E-state index in [4.69, 9.17) is 9.47 Å². The third-order valence-electron chi connectivity index (χ3n) is 7.82. The number of rotatable bonds is 7. The first-order valence-corrected chi connectivity index (χ1v) is 13.1. The minimum Gasteiger partial charge on any atom is -0.493 e. The lowest BCUT2D eigenvalue weighted by Gasteiger charge is -2.48. The molecule has 0 aliphatic carbocycles. The molecule has 2 heterocycles. The van der Waals surface area contributed by atoms with Crippen LogP contribution >= 0.6 is 0 Å². The molecular weight excluding hydrogens is 478 g/mol. The highest BCUT2D eigenvalue weighted by Gasteiger charge is 2.40. The maximum absolute atomic E-state index is 13.7. The van der Waals surface area contributed by atoms with Crippen molar-refractivity contribution in [3.05, 3.63) is 89.0 Å². The van der Waals surface area contributed by atoms with Gasteiger partial charge in [0.05, 0.1) is 37.6 Å². The van der Waals surface area contributed by atoms with Crippen molar-refractivity contribution in [3.8, 4) is 11.5 Å². The van der Waals surface area contributed by atoms with Gasteiger partial charge < -0.3 is 14.4 Å². The van der Waals surface area contributed by atoms with Gasteiger partial charge in [0.2, 0.25) is 0 Å². The molecule has 0 saturated carbocycles. The zero-order valence-electron chi connectivity index (χ0n) is 22.7. The number of hydrogen-bond acceptors (Lipinski definition) is 6. The van der Waals surface area contributed by atoms with Gasteiger partial charge in [-0.05, 0) is 56.2 Å². The highest BCUT2D eigenvalue weighted by atomic mass is 16.5. The van der Waals surface area contributed by atoms with Gasteiger partial charge in [0.1, 0.15) is 0 Å². The van der Waals surface area contributed by atoms with Crippen molar-refractivity contribution in [3.63, 3.8) is 0 Å². The molecule has 0 N–H and O–H groups in total. The number of piperazine rings is 1. The number of hydrogen-bond donors (Lipinski definition) is 0. The Morgan fingerprint density at radius 3 is 2.18 bits per heavy atom. The summed E-state index contributed by atoms with van der Waals surface area (Å²) in [4.78, 5) is 33.2. The summed E-state index contributed by atoms with van der Waals surface area (Å²) in [6, 6.07) is 22.4. The van der Waals surface area contributed by atoms with Gasteiger partial charge in [0.15, 0.2) is 11.5 Å². The smallest absolute Gasteiger partial charge is 0.263 e. The molecule has 198 valence electrons. The second kappa shape index (κ2) is 10.5. The average molecular weight is 514 g/mol. The van der Waals surface area contributed by atoms with Crippen molar-refractivity contribution >= 4 is 17.5 Å². The Bertz CT molecular complexity index is 1330. The van der Waals surface area contributed by atoms with Crippen LogP contribution < -0.4 is 14.4 Å². The first kappa shape index (κ1) is 25.8. The van der Waals surface area contributed by atoms with Crippen LogP contribution in [0.3, 0.4) is 0 Å². The lowest BCUT2D eigenvalue weighted by Crippen LogP contribution is -2.57. The molecular formula is C31H35N3O4. The molecule has 1 saturated heterocycles. The van der Waals surface area contributed by atoms with Crippen LogP contribution in [0.4, 0.5) is 5.69 Å². The van der Waals surface area contributed by atoms with E-state index in [-0.39, 0.29) is 36.5 Å². The van der Waals surface area contributed by atoms with Crippen LogP contribution in [0.15, 0.2) is 66.7 Å². The van der Waals surface area contributed by atoms with E-state index in [2.05, 4.69) is 54.8 Å². The molecule has 2 amide bonds. The Morgan fingerprint density at radius 2 is 1.53 bits per heavy atom. The van der Waals surface area contributed by atoms with Crippen LogP contribution in [0.2, 0.25) is 0 Å². The predicted molar refractivity (Wildman–Crippen MR) is 148 cm³/mol. The van der Waals surface area contributed by atoms with Crippen LogP contribution in [-0.4, -0.2) is 61.0 Å². The van der Waals surface area contributed by atoms with Gasteiger partial charge in [0, 0.05) is 31.2 Å². The Kier molecular flexibility index (Phi) is 7.13. The summed E-state index contributed by atoms with van der Waals surface area (Å²) in [5.74, 6) is 0.646. The van der Waals surface area contributed by atoms with Crippen molar-refractivity contribution in [2.75, 3.05) is 32.2 Å². The van der Waals surface area contributed by atoms with E-state index in [1.807, 2.05) is 24.3 Å². The van der Waals surface area contributed by atoms with E-state index in [1.165, 1.54) is 10.5 Å². The quantitative estimate of drug-likeness (QED) is 0.407. The number of ether oxygens (including phenoxy) is 2. The number of amides is 2. The summed E-state index contributed by atoms with van der Waals surface area (Å²) >= 11 is 0. The van der Waals surface area contributed by atoms with Gasteiger partial charge in [-0.2, -0.15) is 0 Å². The number of methoxy groups -OCH3 is 2. The van der Waals surface area contributed by atoms with Crippen LogP contribution in [-0.2, 0) is 6.54 Å². The minimum atomic E-state index is -0.265. The Morgan fingerprint density at radius 1 is 0.842 bits per heavy atom. The Balaban J connectivity index is 1.38. The van der Waals surface area contributed by atoms with Gasteiger partial charge in [-0.1, -0.05) is 42.5 Å². The second-order valence-electron chi connectivity index (χ2n) is 10.2. The maximum atomic E-state index is 13.7. The first-order chi connectivity index (χ1) is 18.3. The highest BCUT2D eigenvalue weighted by Crippen LogP contribution is 2.37. The first-order valence-electron chi connectivity index (χ1n) is 13.1. The van der Waals surface area contributed by atoms with Crippen molar-refractivity contribution in [1.82, 2.24) is 9.80 Å². The summed E-state index contributed by atoms with van der Waals surface area (Å²) in [5, 5.41) is 0. The fraction of sp³-hybridized carbons (Fsp3) is 0.355. The topological polar surface area (TPSA) is 62.3 Å². The number of anilines is 1. The molecule has 0 aromatic heterocycles. The summed E-state index contributed by atoms with van der Waals surface area (Å²) in [7, 11) is 3.14. The lowest BCUT2D eigenvalue weighted by atomic mass is 9.98. The van der Waals surface area contributed by atoms with E-state index < -0.39 is 0 Å². The van der Waals surface area contributed by atoms with Crippen LogP contribution in [0.1, 0.15) is 58.7 Å².